The van der Waals surface area contributed by atoms with Crippen LogP contribution in [0.15, 0.2) is 30.3 Å². The molecule has 0 fully saturated rings. The molecular formula is C18H28O2. The third kappa shape index (κ3) is 6.74. The van der Waals surface area contributed by atoms with Gasteiger partial charge in [-0.2, -0.15) is 0 Å². The molecule has 0 aliphatic heterocycles. The highest BCUT2D eigenvalue weighted by Crippen LogP contribution is 2.24. The Morgan fingerprint density at radius 2 is 1.65 bits per heavy atom. The third-order valence-electron chi connectivity index (χ3n) is 3.50. The van der Waals surface area contributed by atoms with Gasteiger partial charge in [0.05, 0.1) is 0 Å². The maximum absolute atomic E-state index is 11.9. The van der Waals surface area contributed by atoms with Gasteiger partial charge < -0.3 is 4.74 Å². The first-order valence-corrected chi connectivity index (χ1v) is 8.02. The Balaban J connectivity index is 2.52. The van der Waals surface area contributed by atoms with Crippen LogP contribution in [0.2, 0.25) is 0 Å². The molecule has 1 unspecified atom stereocenters. The topological polar surface area (TPSA) is 26.3 Å². The Morgan fingerprint density at radius 1 is 1.00 bits per heavy atom. The predicted octanol–water partition coefficient (Wildman–Crippen LogP) is 5.43. The van der Waals surface area contributed by atoms with E-state index in [0.29, 0.717) is 6.42 Å². The van der Waals surface area contributed by atoms with E-state index in [0.717, 1.165) is 37.7 Å². The summed E-state index contributed by atoms with van der Waals surface area (Å²) in [4.78, 5) is 11.9. The van der Waals surface area contributed by atoms with Gasteiger partial charge in [-0.3, -0.25) is 4.79 Å². The van der Waals surface area contributed by atoms with Gasteiger partial charge >= 0.3 is 5.97 Å². The van der Waals surface area contributed by atoms with Gasteiger partial charge in [0.15, 0.2) is 0 Å². The number of ether oxygens (including phenoxy) is 1. The molecule has 0 amide bonds. The second-order valence-electron chi connectivity index (χ2n) is 5.34. The Bertz CT molecular complexity index is 359. The first-order valence-electron chi connectivity index (χ1n) is 8.02. The first-order chi connectivity index (χ1) is 9.77. The van der Waals surface area contributed by atoms with Crippen LogP contribution in [0.5, 0.6) is 0 Å². The number of unbranched alkanes of at least 4 members (excludes halogenated alkanes) is 4. The molecule has 0 aromatic heterocycles. The molecule has 2 nitrogen and oxygen atoms in total. The highest BCUT2D eigenvalue weighted by Gasteiger charge is 2.15. The molecule has 20 heavy (non-hydrogen) atoms. The van der Waals surface area contributed by atoms with Gasteiger partial charge in [-0.05, 0) is 24.8 Å². The number of benzene rings is 1. The molecule has 0 aliphatic carbocycles. The normalized spacial score (nSPS) is 12.1. The zero-order chi connectivity index (χ0) is 14.6. The van der Waals surface area contributed by atoms with Crippen LogP contribution >= 0.6 is 0 Å². The van der Waals surface area contributed by atoms with Gasteiger partial charge in [-0.25, -0.2) is 0 Å². The van der Waals surface area contributed by atoms with E-state index < -0.39 is 0 Å². The predicted molar refractivity (Wildman–Crippen MR) is 83.6 cm³/mol. The second-order valence-corrected chi connectivity index (χ2v) is 5.34. The summed E-state index contributed by atoms with van der Waals surface area (Å²) in [5.41, 5.74) is 1.12. The number of esters is 1. The van der Waals surface area contributed by atoms with Crippen molar-refractivity contribution >= 4 is 5.97 Å². The minimum atomic E-state index is -0.0723. The molecule has 0 N–H and O–H groups in total. The molecule has 1 aromatic rings. The van der Waals surface area contributed by atoms with Crippen molar-refractivity contribution in [3.63, 3.8) is 0 Å². The zero-order valence-electron chi connectivity index (χ0n) is 12.9. The smallest absolute Gasteiger partial charge is 0.306 e. The van der Waals surface area contributed by atoms with E-state index in [9.17, 15) is 4.79 Å². The average molecular weight is 276 g/mol. The summed E-state index contributed by atoms with van der Waals surface area (Å²) in [6.45, 7) is 4.33. The molecule has 0 spiro atoms. The van der Waals surface area contributed by atoms with Crippen LogP contribution in [-0.2, 0) is 9.53 Å². The molecule has 0 saturated heterocycles. The largest absolute Gasteiger partial charge is 0.457 e. The van der Waals surface area contributed by atoms with Crippen molar-refractivity contribution in [3.05, 3.63) is 35.9 Å². The van der Waals surface area contributed by atoms with Crippen LogP contribution in [0.4, 0.5) is 0 Å². The van der Waals surface area contributed by atoms with Crippen molar-refractivity contribution in [2.24, 2.45) is 0 Å². The molecule has 1 aromatic carbocycles. The number of carbonyl (C=O) groups is 1. The first kappa shape index (κ1) is 16.7. The fourth-order valence-electron chi connectivity index (χ4n) is 2.28. The number of hydrogen-bond acceptors (Lipinski definition) is 2. The molecule has 2 heteroatoms. The van der Waals surface area contributed by atoms with Gasteiger partial charge in [0.25, 0.3) is 0 Å². The van der Waals surface area contributed by atoms with Crippen molar-refractivity contribution < 1.29 is 9.53 Å². The monoisotopic (exact) mass is 276 g/mol. The van der Waals surface area contributed by atoms with Crippen molar-refractivity contribution in [2.75, 3.05) is 0 Å². The fourth-order valence-corrected chi connectivity index (χ4v) is 2.28. The van der Waals surface area contributed by atoms with Crippen LogP contribution in [0.25, 0.3) is 0 Å². The average Bonchev–Trinajstić information content (AvgIpc) is 2.47. The molecule has 0 heterocycles. The van der Waals surface area contributed by atoms with Crippen LogP contribution < -0.4 is 0 Å². The van der Waals surface area contributed by atoms with E-state index in [1.807, 2.05) is 18.2 Å². The Labute approximate surface area is 123 Å². The van der Waals surface area contributed by atoms with Crippen LogP contribution in [-0.4, -0.2) is 5.97 Å². The summed E-state index contributed by atoms with van der Waals surface area (Å²) < 4.78 is 5.69. The Morgan fingerprint density at radius 3 is 2.30 bits per heavy atom. The van der Waals surface area contributed by atoms with Gasteiger partial charge in [-0.1, -0.05) is 69.9 Å². The van der Waals surface area contributed by atoms with Crippen molar-refractivity contribution in [3.8, 4) is 0 Å². The number of carbonyl (C=O) groups excluding carboxylic acids is 1. The van der Waals surface area contributed by atoms with Crippen molar-refractivity contribution in [1.29, 1.82) is 0 Å². The second kappa shape index (κ2) is 10.5. The summed E-state index contributed by atoms with van der Waals surface area (Å²) in [6.07, 6.45) is 8.05. The SMILES string of the molecule is CCCCCC(=O)OC(CCCCC)c1ccccc1. The van der Waals surface area contributed by atoms with E-state index in [1.165, 1.54) is 12.8 Å². The summed E-state index contributed by atoms with van der Waals surface area (Å²) in [5, 5.41) is 0. The third-order valence-corrected chi connectivity index (χ3v) is 3.50. The molecule has 0 aliphatic rings. The minimum Gasteiger partial charge on any atom is -0.457 e. The summed E-state index contributed by atoms with van der Waals surface area (Å²) in [5.74, 6) is -0.0520. The standard InChI is InChI=1S/C18H28O2/c1-3-5-8-14-17(16-12-10-7-11-13-16)20-18(19)15-9-6-4-2/h7,10-13,17H,3-6,8-9,14-15H2,1-2H3. The van der Waals surface area contributed by atoms with Crippen molar-refractivity contribution in [1.82, 2.24) is 0 Å². The van der Waals surface area contributed by atoms with Gasteiger partial charge in [-0.15, -0.1) is 0 Å². The number of hydrogen-bond donors (Lipinski definition) is 0. The van der Waals surface area contributed by atoms with E-state index in [4.69, 9.17) is 4.74 Å². The Kier molecular flexibility index (Phi) is 8.77. The maximum atomic E-state index is 11.9. The molecule has 0 bridgehead atoms. The molecule has 0 radical (unpaired) electrons. The van der Waals surface area contributed by atoms with E-state index >= 15 is 0 Å². The molecule has 112 valence electrons. The summed E-state index contributed by atoms with van der Waals surface area (Å²) in [7, 11) is 0. The Hall–Kier alpha value is -1.31. The zero-order valence-corrected chi connectivity index (χ0v) is 12.9. The van der Waals surface area contributed by atoms with Crippen LogP contribution in [0, 0.1) is 0 Å². The maximum Gasteiger partial charge on any atom is 0.306 e. The highest BCUT2D eigenvalue weighted by molar-refractivity contribution is 5.69. The molecule has 1 rings (SSSR count). The quantitative estimate of drug-likeness (QED) is 0.420. The highest BCUT2D eigenvalue weighted by atomic mass is 16.5. The van der Waals surface area contributed by atoms with Crippen molar-refractivity contribution in [2.45, 2.75) is 71.3 Å². The summed E-state index contributed by atoms with van der Waals surface area (Å²) >= 11 is 0. The minimum absolute atomic E-state index is 0.0520. The molecule has 0 saturated carbocycles. The lowest BCUT2D eigenvalue weighted by Crippen LogP contribution is -2.11. The lowest BCUT2D eigenvalue weighted by Gasteiger charge is -2.18. The van der Waals surface area contributed by atoms with Crippen LogP contribution in [0.1, 0.15) is 76.9 Å². The fraction of sp³-hybridized carbons (Fsp3) is 0.611. The van der Waals surface area contributed by atoms with Gasteiger partial charge in [0.2, 0.25) is 0 Å². The number of rotatable bonds is 10. The van der Waals surface area contributed by atoms with Gasteiger partial charge in [0, 0.05) is 6.42 Å². The van der Waals surface area contributed by atoms with Gasteiger partial charge in [0.1, 0.15) is 6.10 Å². The lowest BCUT2D eigenvalue weighted by molar-refractivity contribution is -0.150. The van der Waals surface area contributed by atoms with E-state index in [-0.39, 0.29) is 12.1 Å². The summed E-state index contributed by atoms with van der Waals surface area (Å²) in [6, 6.07) is 10.1. The molecular weight excluding hydrogens is 248 g/mol. The van der Waals surface area contributed by atoms with E-state index in [1.54, 1.807) is 0 Å². The lowest BCUT2D eigenvalue weighted by atomic mass is 10.0. The van der Waals surface area contributed by atoms with Crippen LogP contribution in [0.3, 0.4) is 0 Å². The van der Waals surface area contributed by atoms with E-state index in [2.05, 4.69) is 26.0 Å². The molecule has 1 atom stereocenters.